The molecule has 0 aliphatic carbocycles. The Morgan fingerprint density at radius 3 is 2.29 bits per heavy atom. The molecular formula is C19H19N3O2. The number of benzene rings is 2. The summed E-state index contributed by atoms with van der Waals surface area (Å²) in [4.78, 5) is 16.6. The van der Waals surface area contributed by atoms with Crippen LogP contribution in [0.25, 0.3) is 0 Å². The van der Waals surface area contributed by atoms with E-state index in [0.717, 1.165) is 11.3 Å². The van der Waals surface area contributed by atoms with E-state index in [1.807, 2.05) is 60.7 Å². The van der Waals surface area contributed by atoms with E-state index in [4.69, 9.17) is 10.5 Å². The molecule has 0 saturated carbocycles. The van der Waals surface area contributed by atoms with Crippen LogP contribution in [0.5, 0.6) is 0 Å². The number of nitrogens with one attached hydrogen (secondary N) is 1. The number of carbonyl (C=O) groups excluding carboxylic acids is 1. The summed E-state index contributed by atoms with van der Waals surface area (Å²) in [6, 6.07) is 19.2. The summed E-state index contributed by atoms with van der Waals surface area (Å²) in [6.45, 7) is 0.664. The highest BCUT2D eigenvalue weighted by Crippen LogP contribution is 2.33. The van der Waals surface area contributed by atoms with Gasteiger partial charge in [0.15, 0.2) is 0 Å². The smallest absolute Gasteiger partial charge is 0.262 e. The lowest BCUT2D eigenvalue weighted by atomic mass is 9.78. The Labute approximate surface area is 140 Å². The van der Waals surface area contributed by atoms with E-state index < -0.39 is 5.41 Å². The third-order valence-corrected chi connectivity index (χ3v) is 3.94. The largest absolute Gasteiger partial charge is 0.384 e. The second-order valence-corrected chi connectivity index (χ2v) is 5.63. The van der Waals surface area contributed by atoms with Crippen LogP contribution >= 0.6 is 0 Å². The molecule has 3 rings (SSSR count). The highest BCUT2D eigenvalue weighted by molar-refractivity contribution is 6.03. The molecule has 24 heavy (non-hydrogen) atoms. The van der Waals surface area contributed by atoms with Crippen LogP contribution in [0.2, 0.25) is 0 Å². The molecular weight excluding hydrogens is 302 g/mol. The molecule has 0 radical (unpaired) electrons. The Hall–Kier alpha value is -2.92. The van der Waals surface area contributed by atoms with Crippen molar-refractivity contribution in [3.05, 3.63) is 78.5 Å². The van der Waals surface area contributed by atoms with Crippen LogP contribution in [0.4, 0.5) is 5.69 Å². The van der Waals surface area contributed by atoms with Gasteiger partial charge in [-0.3, -0.25) is 4.79 Å². The van der Waals surface area contributed by atoms with Crippen molar-refractivity contribution < 1.29 is 9.53 Å². The molecule has 1 fully saturated rings. The second kappa shape index (κ2) is 7.10. The van der Waals surface area contributed by atoms with Gasteiger partial charge in [-0.2, -0.15) is 4.99 Å². The van der Waals surface area contributed by atoms with Crippen LogP contribution in [0.3, 0.4) is 0 Å². The first kappa shape index (κ1) is 16.0. The fourth-order valence-corrected chi connectivity index (χ4v) is 2.50. The summed E-state index contributed by atoms with van der Waals surface area (Å²) >= 11 is 0. The van der Waals surface area contributed by atoms with Crippen LogP contribution in [0.15, 0.2) is 77.9 Å². The molecule has 2 aromatic rings. The Kier molecular flexibility index (Phi) is 4.72. The zero-order valence-electron chi connectivity index (χ0n) is 13.2. The lowest BCUT2D eigenvalue weighted by molar-refractivity contribution is -0.141. The third kappa shape index (κ3) is 3.36. The minimum absolute atomic E-state index is 0.158. The van der Waals surface area contributed by atoms with Crippen molar-refractivity contribution in [2.24, 2.45) is 10.7 Å². The first-order valence-corrected chi connectivity index (χ1v) is 7.71. The Morgan fingerprint density at radius 2 is 1.71 bits per heavy atom. The lowest BCUT2D eigenvalue weighted by Gasteiger charge is -2.38. The van der Waals surface area contributed by atoms with Gasteiger partial charge in [0.1, 0.15) is 11.3 Å². The molecule has 3 N–H and O–H groups in total. The third-order valence-electron chi connectivity index (χ3n) is 3.94. The van der Waals surface area contributed by atoms with Crippen LogP contribution < -0.4 is 11.1 Å². The van der Waals surface area contributed by atoms with E-state index in [0.29, 0.717) is 13.2 Å². The number of nitrogens with zero attached hydrogens (tertiary/aromatic N) is 1. The first-order chi connectivity index (χ1) is 11.7. The number of hydrogen-bond donors (Lipinski definition) is 2. The van der Waals surface area contributed by atoms with Crippen molar-refractivity contribution in [2.75, 3.05) is 18.5 Å². The first-order valence-electron chi connectivity index (χ1n) is 7.71. The number of para-hydroxylation sites is 1. The predicted octanol–water partition coefficient (Wildman–Crippen LogP) is 2.46. The van der Waals surface area contributed by atoms with Crippen molar-refractivity contribution in [3.63, 3.8) is 0 Å². The number of aliphatic imine (C=N–C) groups is 1. The monoisotopic (exact) mass is 321 g/mol. The van der Waals surface area contributed by atoms with Crippen molar-refractivity contribution in [1.29, 1.82) is 0 Å². The minimum Gasteiger partial charge on any atom is -0.384 e. The Bertz CT molecular complexity index is 751. The highest BCUT2D eigenvalue weighted by atomic mass is 16.5. The molecule has 0 spiro atoms. The molecule has 1 amide bonds. The van der Waals surface area contributed by atoms with Gasteiger partial charge in [-0.25, -0.2) is 0 Å². The number of ether oxygens (including phenoxy) is 1. The molecule has 5 heteroatoms. The Morgan fingerprint density at radius 1 is 1.08 bits per heavy atom. The van der Waals surface area contributed by atoms with Crippen LogP contribution in [0, 0.1) is 0 Å². The van der Waals surface area contributed by atoms with Gasteiger partial charge >= 0.3 is 0 Å². The van der Waals surface area contributed by atoms with Gasteiger partial charge in [0.05, 0.1) is 13.2 Å². The quantitative estimate of drug-likeness (QED) is 0.655. The number of amides is 1. The molecule has 5 nitrogen and oxygen atoms in total. The fraction of sp³-hybridized carbons (Fsp3) is 0.158. The molecule has 2 aromatic carbocycles. The van der Waals surface area contributed by atoms with Crippen molar-refractivity contribution in [2.45, 2.75) is 5.41 Å². The van der Waals surface area contributed by atoms with Crippen LogP contribution in [0.1, 0.15) is 5.56 Å². The summed E-state index contributed by atoms with van der Waals surface area (Å²) in [5, 5.41) is 3.07. The van der Waals surface area contributed by atoms with E-state index in [-0.39, 0.29) is 11.7 Å². The number of hydrogen-bond acceptors (Lipinski definition) is 3. The fourth-order valence-electron chi connectivity index (χ4n) is 2.50. The van der Waals surface area contributed by atoms with E-state index in [1.165, 1.54) is 0 Å². The van der Waals surface area contributed by atoms with Crippen LogP contribution in [-0.2, 0) is 14.9 Å². The molecule has 0 atom stereocenters. The average Bonchev–Trinajstić information content (AvgIpc) is 2.56. The topological polar surface area (TPSA) is 76.7 Å². The van der Waals surface area contributed by atoms with Gasteiger partial charge in [-0.15, -0.1) is 0 Å². The van der Waals surface area contributed by atoms with E-state index in [1.54, 1.807) is 12.3 Å². The summed E-state index contributed by atoms with van der Waals surface area (Å²) in [5.74, 6) is -0.118. The molecule has 1 saturated heterocycles. The van der Waals surface area contributed by atoms with Crippen molar-refractivity contribution in [1.82, 2.24) is 0 Å². The number of anilines is 1. The molecule has 1 heterocycles. The second-order valence-electron chi connectivity index (χ2n) is 5.63. The van der Waals surface area contributed by atoms with Gasteiger partial charge < -0.3 is 15.8 Å². The lowest BCUT2D eigenvalue weighted by Crippen LogP contribution is -2.52. The number of nitrogens with two attached hydrogens (primary N) is 1. The zero-order valence-corrected chi connectivity index (χ0v) is 13.2. The molecule has 0 bridgehead atoms. The predicted molar refractivity (Wildman–Crippen MR) is 94.8 cm³/mol. The summed E-state index contributed by atoms with van der Waals surface area (Å²) in [7, 11) is 0. The minimum atomic E-state index is -0.716. The summed E-state index contributed by atoms with van der Waals surface area (Å²) in [6.07, 6.45) is 3.23. The Balaban J connectivity index is 1.69. The van der Waals surface area contributed by atoms with E-state index in [9.17, 15) is 4.79 Å². The molecule has 1 aliphatic heterocycles. The average molecular weight is 321 g/mol. The van der Waals surface area contributed by atoms with E-state index >= 15 is 0 Å². The van der Waals surface area contributed by atoms with Gasteiger partial charge in [0.25, 0.3) is 5.91 Å². The standard InChI is InChI=1S/C19H19N3O2/c20-17(11-12-21-16-9-5-2-6-10-16)22-18(23)19(13-24-14-19)15-7-3-1-4-8-15/h1-12,21H,13-14H2,(H2,20,22,23)/b12-11-. The van der Waals surface area contributed by atoms with Gasteiger partial charge in [-0.05, 0) is 23.8 Å². The zero-order chi connectivity index (χ0) is 16.8. The van der Waals surface area contributed by atoms with Gasteiger partial charge in [0, 0.05) is 11.9 Å². The maximum atomic E-state index is 12.6. The maximum Gasteiger partial charge on any atom is 0.262 e. The summed E-state index contributed by atoms with van der Waals surface area (Å²) < 4.78 is 5.27. The van der Waals surface area contributed by atoms with E-state index in [2.05, 4.69) is 10.3 Å². The van der Waals surface area contributed by atoms with Crippen molar-refractivity contribution in [3.8, 4) is 0 Å². The molecule has 0 aromatic heterocycles. The number of carbonyl (C=O) groups is 1. The van der Waals surface area contributed by atoms with Crippen molar-refractivity contribution >= 4 is 17.4 Å². The van der Waals surface area contributed by atoms with Crippen LogP contribution in [-0.4, -0.2) is 25.0 Å². The number of amidine groups is 1. The van der Waals surface area contributed by atoms with Gasteiger partial charge in [0.2, 0.25) is 0 Å². The molecule has 0 unspecified atom stereocenters. The van der Waals surface area contributed by atoms with Gasteiger partial charge in [-0.1, -0.05) is 48.5 Å². The maximum absolute atomic E-state index is 12.6. The normalized spacial score (nSPS) is 16.6. The molecule has 122 valence electrons. The molecule has 1 aliphatic rings. The number of rotatable bonds is 5. The SMILES string of the molecule is NC(/C=C\Nc1ccccc1)=NC(=O)C1(c2ccccc2)COC1. The highest BCUT2D eigenvalue weighted by Gasteiger charge is 2.47. The summed E-state index contributed by atoms with van der Waals surface area (Å²) in [5.41, 5.74) is 6.98.